The van der Waals surface area contributed by atoms with Crippen molar-refractivity contribution in [3.05, 3.63) is 35.1 Å². The lowest BCUT2D eigenvalue weighted by atomic mass is 10.0. The Kier molecular flexibility index (Phi) is 5.11. The SMILES string of the molecule is CN(C)C(=O)C[C@@H]1CN(Cc2cc(F)cc(C#N)c2)C[C@H]1O. The van der Waals surface area contributed by atoms with Crippen molar-refractivity contribution >= 4 is 5.91 Å². The lowest BCUT2D eigenvalue weighted by Gasteiger charge is -2.17. The Bertz CT molecular complexity index is 598. The van der Waals surface area contributed by atoms with Gasteiger partial charge in [-0.1, -0.05) is 0 Å². The lowest BCUT2D eigenvalue weighted by molar-refractivity contribution is -0.130. The number of nitrogens with zero attached hydrogens (tertiary/aromatic N) is 3. The van der Waals surface area contributed by atoms with Crippen molar-refractivity contribution < 1.29 is 14.3 Å². The number of likely N-dealkylation sites (tertiary alicyclic amines) is 1. The Hall–Kier alpha value is -1.97. The average molecular weight is 305 g/mol. The molecule has 2 rings (SSSR count). The van der Waals surface area contributed by atoms with E-state index < -0.39 is 11.9 Å². The van der Waals surface area contributed by atoms with Crippen LogP contribution in [0.4, 0.5) is 4.39 Å². The maximum absolute atomic E-state index is 13.4. The van der Waals surface area contributed by atoms with Crippen molar-refractivity contribution in [1.29, 1.82) is 5.26 Å². The van der Waals surface area contributed by atoms with Gasteiger partial charge in [0.1, 0.15) is 5.82 Å². The van der Waals surface area contributed by atoms with Gasteiger partial charge in [0.2, 0.25) is 5.91 Å². The number of aliphatic hydroxyl groups excluding tert-OH is 1. The van der Waals surface area contributed by atoms with Gasteiger partial charge in [-0.05, 0) is 23.8 Å². The minimum absolute atomic E-state index is 0.0107. The van der Waals surface area contributed by atoms with Crippen LogP contribution in [-0.4, -0.2) is 54.1 Å². The number of halogens is 1. The molecule has 0 bridgehead atoms. The van der Waals surface area contributed by atoms with E-state index in [4.69, 9.17) is 5.26 Å². The second kappa shape index (κ2) is 6.86. The number of hydrogen-bond acceptors (Lipinski definition) is 4. The average Bonchev–Trinajstić information content (AvgIpc) is 2.77. The molecule has 6 heteroatoms. The Balaban J connectivity index is 1.99. The maximum atomic E-state index is 13.4. The molecule has 1 heterocycles. The molecule has 1 aliphatic rings. The summed E-state index contributed by atoms with van der Waals surface area (Å²) >= 11 is 0. The third-order valence-electron chi connectivity index (χ3n) is 3.91. The summed E-state index contributed by atoms with van der Waals surface area (Å²) in [4.78, 5) is 15.2. The zero-order valence-electron chi connectivity index (χ0n) is 12.8. The van der Waals surface area contributed by atoms with Crippen LogP contribution in [-0.2, 0) is 11.3 Å². The monoisotopic (exact) mass is 305 g/mol. The zero-order chi connectivity index (χ0) is 16.3. The van der Waals surface area contributed by atoms with E-state index >= 15 is 0 Å². The molecule has 1 amide bonds. The summed E-state index contributed by atoms with van der Waals surface area (Å²) in [5.41, 5.74) is 0.984. The second-order valence-corrected chi connectivity index (χ2v) is 5.97. The Morgan fingerprint density at radius 1 is 1.45 bits per heavy atom. The quantitative estimate of drug-likeness (QED) is 0.900. The Morgan fingerprint density at radius 2 is 2.18 bits per heavy atom. The number of carbonyl (C=O) groups is 1. The summed E-state index contributed by atoms with van der Waals surface area (Å²) in [5, 5.41) is 19.0. The van der Waals surface area contributed by atoms with E-state index in [1.165, 1.54) is 17.0 Å². The van der Waals surface area contributed by atoms with Crippen LogP contribution in [0, 0.1) is 23.1 Å². The normalized spacial score (nSPS) is 21.6. The largest absolute Gasteiger partial charge is 0.391 e. The molecule has 1 aromatic rings. The number of rotatable bonds is 4. The number of aliphatic hydroxyl groups is 1. The van der Waals surface area contributed by atoms with Crippen molar-refractivity contribution in [2.45, 2.75) is 19.1 Å². The topological polar surface area (TPSA) is 67.6 Å². The van der Waals surface area contributed by atoms with Gasteiger partial charge in [0.15, 0.2) is 0 Å². The van der Waals surface area contributed by atoms with Crippen LogP contribution in [0.1, 0.15) is 17.5 Å². The van der Waals surface area contributed by atoms with Gasteiger partial charge in [0.25, 0.3) is 0 Å². The van der Waals surface area contributed by atoms with Crippen LogP contribution in [0.5, 0.6) is 0 Å². The van der Waals surface area contributed by atoms with E-state index in [2.05, 4.69) is 0 Å². The number of benzene rings is 1. The molecular formula is C16H20FN3O2. The van der Waals surface area contributed by atoms with Crippen molar-refractivity contribution in [3.8, 4) is 6.07 Å². The first kappa shape index (κ1) is 16.4. The smallest absolute Gasteiger partial charge is 0.222 e. The van der Waals surface area contributed by atoms with Gasteiger partial charge in [-0.3, -0.25) is 9.69 Å². The molecule has 1 aromatic carbocycles. The third kappa shape index (κ3) is 4.03. The minimum Gasteiger partial charge on any atom is -0.391 e. The molecule has 0 radical (unpaired) electrons. The van der Waals surface area contributed by atoms with Crippen LogP contribution in [0.15, 0.2) is 18.2 Å². The summed E-state index contributed by atoms with van der Waals surface area (Å²) in [6.07, 6.45) is -0.259. The first-order valence-corrected chi connectivity index (χ1v) is 7.19. The molecule has 118 valence electrons. The molecule has 0 unspecified atom stereocenters. The summed E-state index contributed by atoms with van der Waals surface area (Å²) in [5.74, 6) is -0.560. The highest BCUT2D eigenvalue weighted by Crippen LogP contribution is 2.23. The van der Waals surface area contributed by atoms with E-state index in [0.717, 1.165) is 0 Å². The molecular weight excluding hydrogens is 285 g/mol. The van der Waals surface area contributed by atoms with Crippen molar-refractivity contribution in [3.63, 3.8) is 0 Å². The molecule has 22 heavy (non-hydrogen) atoms. The van der Waals surface area contributed by atoms with Gasteiger partial charge < -0.3 is 10.0 Å². The Labute approximate surface area is 129 Å². The van der Waals surface area contributed by atoms with Crippen LogP contribution >= 0.6 is 0 Å². The molecule has 1 saturated heterocycles. The molecule has 1 N–H and O–H groups in total. The summed E-state index contributed by atoms with van der Waals surface area (Å²) in [7, 11) is 3.38. The standard InChI is InChI=1S/C16H20FN3O2/c1-19(2)16(22)6-13-9-20(10-15(13)21)8-12-3-11(7-18)4-14(17)5-12/h3-5,13,15,21H,6,8-10H2,1-2H3/t13-,15-/m1/s1. The number of β-amino-alcohol motifs (C(OH)–C–C–N with tert-alkyl or cyclic N) is 1. The predicted molar refractivity (Wildman–Crippen MR) is 79.2 cm³/mol. The van der Waals surface area contributed by atoms with E-state index in [0.29, 0.717) is 31.6 Å². The fourth-order valence-electron chi connectivity index (χ4n) is 2.74. The first-order valence-electron chi connectivity index (χ1n) is 7.19. The van der Waals surface area contributed by atoms with Crippen LogP contribution in [0.25, 0.3) is 0 Å². The fraction of sp³-hybridized carbons (Fsp3) is 0.500. The molecule has 1 aliphatic heterocycles. The van der Waals surface area contributed by atoms with Crippen molar-refractivity contribution in [2.24, 2.45) is 5.92 Å². The van der Waals surface area contributed by atoms with Gasteiger partial charge in [-0.15, -0.1) is 0 Å². The van der Waals surface area contributed by atoms with Gasteiger partial charge >= 0.3 is 0 Å². The molecule has 5 nitrogen and oxygen atoms in total. The van der Waals surface area contributed by atoms with Crippen molar-refractivity contribution in [2.75, 3.05) is 27.2 Å². The van der Waals surface area contributed by atoms with Crippen LogP contribution < -0.4 is 0 Å². The van der Waals surface area contributed by atoms with E-state index in [9.17, 15) is 14.3 Å². The molecule has 1 fully saturated rings. The van der Waals surface area contributed by atoms with E-state index in [1.807, 2.05) is 11.0 Å². The van der Waals surface area contributed by atoms with Crippen LogP contribution in [0.2, 0.25) is 0 Å². The molecule has 2 atom stereocenters. The predicted octanol–water partition coefficient (Wildman–Crippen LogP) is 0.968. The molecule has 0 aliphatic carbocycles. The summed E-state index contributed by atoms with van der Waals surface area (Å²) in [6, 6.07) is 6.17. The highest BCUT2D eigenvalue weighted by atomic mass is 19.1. The number of nitriles is 1. The van der Waals surface area contributed by atoms with E-state index in [1.54, 1.807) is 20.2 Å². The second-order valence-electron chi connectivity index (χ2n) is 5.97. The molecule has 0 aromatic heterocycles. The highest BCUT2D eigenvalue weighted by Gasteiger charge is 2.33. The maximum Gasteiger partial charge on any atom is 0.222 e. The van der Waals surface area contributed by atoms with Gasteiger partial charge in [-0.2, -0.15) is 5.26 Å². The third-order valence-corrected chi connectivity index (χ3v) is 3.91. The fourth-order valence-corrected chi connectivity index (χ4v) is 2.74. The van der Waals surface area contributed by atoms with Gasteiger partial charge in [-0.25, -0.2) is 4.39 Å². The zero-order valence-corrected chi connectivity index (χ0v) is 12.8. The van der Waals surface area contributed by atoms with Gasteiger partial charge in [0.05, 0.1) is 17.7 Å². The summed E-state index contributed by atoms with van der Waals surface area (Å²) in [6.45, 7) is 1.49. The first-order chi connectivity index (χ1) is 10.4. The lowest BCUT2D eigenvalue weighted by Crippen LogP contribution is -2.28. The van der Waals surface area contributed by atoms with Crippen molar-refractivity contribution in [1.82, 2.24) is 9.80 Å². The molecule has 0 spiro atoms. The Morgan fingerprint density at radius 3 is 2.82 bits per heavy atom. The van der Waals surface area contributed by atoms with E-state index in [-0.39, 0.29) is 17.4 Å². The summed E-state index contributed by atoms with van der Waals surface area (Å²) < 4.78 is 13.4. The number of amides is 1. The van der Waals surface area contributed by atoms with Gasteiger partial charge in [0, 0.05) is 46.1 Å². The van der Waals surface area contributed by atoms with Crippen LogP contribution in [0.3, 0.4) is 0 Å². The minimum atomic E-state index is -0.562. The highest BCUT2D eigenvalue weighted by molar-refractivity contribution is 5.75. The number of carbonyl (C=O) groups excluding carboxylic acids is 1. The molecule has 0 saturated carbocycles. The number of hydrogen-bond donors (Lipinski definition) is 1.